The van der Waals surface area contributed by atoms with Crippen LogP contribution in [0.25, 0.3) is 0 Å². The Hall–Kier alpha value is -3.04. The summed E-state index contributed by atoms with van der Waals surface area (Å²) >= 11 is 0. The Kier molecular flexibility index (Phi) is 5.22. The second-order valence-electron chi connectivity index (χ2n) is 9.63. The van der Waals surface area contributed by atoms with Crippen molar-refractivity contribution < 1.29 is 9.59 Å². The Bertz CT molecular complexity index is 1020. The number of piperazine rings is 1. The number of anilines is 1. The summed E-state index contributed by atoms with van der Waals surface area (Å²) in [5, 5.41) is 8.95. The number of aromatic nitrogens is 5. The summed E-state index contributed by atoms with van der Waals surface area (Å²) in [6.07, 6.45) is 8.97. The van der Waals surface area contributed by atoms with Gasteiger partial charge in [-0.05, 0) is 38.2 Å². The number of hydrogen-bond acceptors (Lipinski definition) is 7. The Morgan fingerprint density at radius 3 is 2.18 bits per heavy atom. The summed E-state index contributed by atoms with van der Waals surface area (Å²) < 4.78 is 2.12. The number of rotatable bonds is 4. The molecule has 2 aromatic rings. The number of carbonyl (C=O) groups is 2. The number of fused-ring (bicyclic) bond motifs is 1. The Morgan fingerprint density at radius 2 is 1.48 bits per heavy atom. The van der Waals surface area contributed by atoms with Crippen LogP contribution in [0.4, 0.5) is 5.95 Å². The zero-order valence-corrected chi connectivity index (χ0v) is 18.8. The summed E-state index contributed by atoms with van der Waals surface area (Å²) in [5.41, 5.74) is 0. The molecule has 174 valence electrons. The average molecular weight is 451 g/mol. The van der Waals surface area contributed by atoms with Gasteiger partial charge in [-0.25, -0.2) is 9.97 Å². The topological polar surface area (TPSA) is 100 Å². The van der Waals surface area contributed by atoms with E-state index >= 15 is 0 Å². The highest BCUT2D eigenvalue weighted by atomic mass is 16.2. The highest BCUT2D eigenvalue weighted by molar-refractivity contribution is 5.82. The summed E-state index contributed by atoms with van der Waals surface area (Å²) in [6, 6.07) is 1.60. The average Bonchev–Trinajstić information content (AvgIpc) is 3.51. The molecule has 0 bridgehead atoms. The van der Waals surface area contributed by atoms with E-state index in [9.17, 15) is 9.59 Å². The zero-order chi connectivity index (χ0) is 22.4. The molecule has 0 aromatic carbocycles. The van der Waals surface area contributed by atoms with E-state index in [4.69, 9.17) is 0 Å². The Labute approximate surface area is 193 Å². The van der Waals surface area contributed by atoms with Gasteiger partial charge in [0.1, 0.15) is 17.7 Å². The SMILES string of the molecule is O=C(C1CC1)N1CCC(c2nnc3n2C(C(=O)N2CCN(c4ncccn4)CC2)CC3)CC1. The number of aryl methyl sites for hydroxylation is 1. The minimum Gasteiger partial charge on any atom is -0.342 e. The van der Waals surface area contributed by atoms with E-state index in [-0.39, 0.29) is 23.8 Å². The van der Waals surface area contributed by atoms with Gasteiger partial charge in [-0.15, -0.1) is 10.2 Å². The number of nitrogens with zero attached hydrogens (tertiary/aromatic N) is 8. The van der Waals surface area contributed by atoms with Gasteiger partial charge in [-0.1, -0.05) is 0 Å². The number of hydrogen-bond donors (Lipinski definition) is 0. The van der Waals surface area contributed by atoms with Crippen molar-refractivity contribution in [2.24, 2.45) is 5.92 Å². The monoisotopic (exact) mass is 450 g/mol. The quantitative estimate of drug-likeness (QED) is 0.686. The fraction of sp³-hybridized carbons (Fsp3) is 0.652. The largest absolute Gasteiger partial charge is 0.342 e. The van der Waals surface area contributed by atoms with E-state index in [1.54, 1.807) is 12.4 Å². The maximum absolute atomic E-state index is 13.5. The first kappa shape index (κ1) is 20.6. The summed E-state index contributed by atoms with van der Waals surface area (Å²) in [6.45, 7) is 4.37. The Morgan fingerprint density at radius 1 is 0.788 bits per heavy atom. The van der Waals surface area contributed by atoms with Crippen LogP contribution < -0.4 is 4.90 Å². The molecule has 4 aliphatic rings. The smallest absolute Gasteiger partial charge is 0.245 e. The van der Waals surface area contributed by atoms with Crippen molar-refractivity contribution in [2.45, 2.75) is 50.5 Å². The standard InChI is InChI=1S/C23H30N8O2/c32-21(17-2-3-17)28-10-6-16(7-11-28)20-27-26-19-5-4-18(31(19)20)22(33)29-12-14-30(15-13-29)23-24-8-1-9-25-23/h1,8-9,16-18H,2-7,10-15H2. The van der Waals surface area contributed by atoms with E-state index in [1.165, 1.54) is 0 Å². The highest BCUT2D eigenvalue weighted by Gasteiger charge is 2.40. The first-order valence-electron chi connectivity index (χ1n) is 12.2. The van der Waals surface area contributed by atoms with Gasteiger partial charge in [0.05, 0.1) is 0 Å². The molecule has 33 heavy (non-hydrogen) atoms. The van der Waals surface area contributed by atoms with Gasteiger partial charge < -0.3 is 19.3 Å². The molecule has 3 aliphatic heterocycles. The van der Waals surface area contributed by atoms with Gasteiger partial charge in [0, 0.05) is 69.9 Å². The molecular weight excluding hydrogens is 420 g/mol. The molecule has 2 saturated heterocycles. The van der Waals surface area contributed by atoms with Crippen LogP contribution in [-0.2, 0) is 16.0 Å². The first-order chi connectivity index (χ1) is 16.2. The minimum atomic E-state index is -0.212. The predicted octanol–water partition coefficient (Wildman–Crippen LogP) is 1.02. The van der Waals surface area contributed by atoms with Crippen molar-refractivity contribution in [3.05, 3.63) is 30.1 Å². The van der Waals surface area contributed by atoms with Gasteiger partial charge in [0.15, 0.2) is 0 Å². The molecule has 1 aliphatic carbocycles. The lowest BCUT2D eigenvalue weighted by Crippen LogP contribution is -2.51. The summed E-state index contributed by atoms with van der Waals surface area (Å²) in [7, 11) is 0. The van der Waals surface area contributed by atoms with Crippen molar-refractivity contribution in [3.63, 3.8) is 0 Å². The lowest BCUT2D eigenvalue weighted by Gasteiger charge is -2.36. The number of amides is 2. The third-order valence-electron chi connectivity index (χ3n) is 7.56. The van der Waals surface area contributed by atoms with Crippen LogP contribution >= 0.6 is 0 Å². The molecule has 1 saturated carbocycles. The van der Waals surface area contributed by atoms with Crippen molar-refractivity contribution in [3.8, 4) is 0 Å². The van der Waals surface area contributed by atoms with Crippen LogP contribution in [0.3, 0.4) is 0 Å². The van der Waals surface area contributed by atoms with Crippen LogP contribution in [0, 0.1) is 5.92 Å². The van der Waals surface area contributed by atoms with Crippen molar-refractivity contribution in [2.75, 3.05) is 44.2 Å². The van der Waals surface area contributed by atoms with Gasteiger partial charge in [-0.2, -0.15) is 0 Å². The highest BCUT2D eigenvalue weighted by Crippen LogP contribution is 2.37. The molecule has 0 spiro atoms. The third-order valence-corrected chi connectivity index (χ3v) is 7.56. The number of likely N-dealkylation sites (tertiary alicyclic amines) is 1. The van der Waals surface area contributed by atoms with E-state index in [0.717, 1.165) is 82.3 Å². The lowest BCUT2D eigenvalue weighted by atomic mass is 9.95. The second-order valence-corrected chi connectivity index (χ2v) is 9.63. The molecule has 0 N–H and O–H groups in total. The third kappa shape index (κ3) is 3.85. The number of carbonyl (C=O) groups excluding carboxylic acids is 2. The summed E-state index contributed by atoms with van der Waals surface area (Å²) in [4.78, 5) is 40.7. The first-order valence-corrected chi connectivity index (χ1v) is 12.2. The van der Waals surface area contributed by atoms with Crippen molar-refractivity contribution in [1.82, 2.24) is 34.5 Å². The zero-order valence-electron chi connectivity index (χ0n) is 18.8. The van der Waals surface area contributed by atoms with Crippen LogP contribution in [0.1, 0.15) is 55.7 Å². The fourth-order valence-corrected chi connectivity index (χ4v) is 5.49. The van der Waals surface area contributed by atoms with Gasteiger partial charge in [0.25, 0.3) is 0 Å². The number of piperidine rings is 1. The van der Waals surface area contributed by atoms with Crippen LogP contribution in [0.5, 0.6) is 0 Å². The van der Waals surface area contributed by atoms with Gasteiger partial charge >= 0.3 is 0 Å². The van der Waals surface area contributed by atoms with Crippen LogP contribution in [0.15, 0.2) is 18.5 Å². The maximum atomic E-state index is 13.5. The van der Waals surface area contributed by atoms with Crippen LogP contribution in [-0.4, -0.2) is 85.6 Å². The molecule has 2 amide bonds. The van der Waals surface area contributed by atoms with Crippen molar-refractivity contribution >= 4 is 17.8 Å². The molecule has 2 aromatic heterocycles. The van der Waals surface area contributed by atoms with E-state index < -0.39 is 0 Å². The van der Waals surface area contributed by atoms with E-state index in [1.807, 2.05) is 15.9 Å². The Balaban J connectivity index is 1.11. The molecule has 0 radical (unpaired) electrons. The molecule has 10 nitrogen and oxygen atoms in total. The predicted molar refractivity (Wildman–Crippen MR) is 119 cm³/mol. The molecule has 1 atom stereocenters. The molecule has 6 rings (SSSR count). The minimum absolute atomic E-state index is 0.171. The normalized spacial score (nSPS) is 23.6. The molecular formula is C23H30N8O2. The lowest BCUT2D eigenvalue weighted by molar-refractivity contribution is -0.135. The molecule has 3 fully saturated rings. The maximum Gasteiger partial charge on any atom is 0.245 e. The molecule has 10 heteroatoms. The summed E-state index contributed by atoms with van der Waals surface area (Å²) in [5.74, 6) is 3.62. The second kappa shape index (κ2) is 8.39. The van der Waals surface area contributed by atoms with Crippen molar-refractivity contribution in [1.29, 1.82) is 0 Å². The molecule has 1 unspecified atom stereocenters. The van der Waals surface area contributed by atoms with E-state index in [0.29, 0.717) is 19.0 Å². The van der Waals surface area contributed by atoms with Gasteiger partial charge in [-0.3, -0.25) is 9.59 Å². The fourth-order valence-electron chi connectivity index (χ4n) is 5.49. The molecule has 5 heterocycles. The van der Waals surface area contributed by atoms with E-state index in [2.05, 4.69) is 29.6 Å². The van der Waals surface area contributed by atoms with Crippen LogP contribution in [0.2, 0.25) is 0 Å². The van der Waals surface area contributed by atoms with Gasteiger partial charge in [0.2, 0.25) is 17.8 Å².